The second-order valence-corrected chi connectivity index (χ2v) is 7.33. The Labute approximate surface area is 167 Å². The topological polar surface area (TPSA) is 90.0 Å². The molecule has 1 atom stereocenters. The summed E-state index contributed by atoms with van der Waals surface area (Å²) in [5.41, 5.74) is 3.77. The van der Waals surface area contributed by atoms with Gasteiger partial charge in [0.25, 0.3) is 0 Å². The van der Waals surface area contributed by atoms with Crippen LogP contribution in [0.2, 0.25) is 5.02 Å². The van der Waals surface area contributed by atoms with Gasteiger partial charge < -0.3 is 15.7 Å². The summed E-state index contributed by atoms with van der Waals surface area (Å²) in [5.74, 6) is 0.124. The Hall–Kier alpha value is -2.83. The Morgan fingerprint density at radius 3 is 2.71 bits per heavy atom. The molecule has 144 valence electrons. The zero-order valence-electron chi connectivity index (χ0n) is 15.2. The van der Waals surface area contributed by atoms with Crippen LogP contribution in [-0.2, 0) is 4.79 Å². The van der Waals surface area contributed by atoms with Crippen molar-refractivity contribution in [1.82, 2.24) is 15.5 Å². The summed E-state index contributed by atoms with van der Waals surface area (Å²) in [4.78, 5) is 12.4. The van der Waals surface area contributed by atoms with Crippen molar-refractivity contribution in [3.05, 3.63) is 53.7 Å². The Kier molecular flexibility index (Phi) is 5.32. The van der Waals surface area contributed by atoms with Crippen LogP contribution in [0.5, 0.6) is 5.75 Å². The summed E-state index contributed by atoms with van der Waals surface area (Å²) in [6.45, 7) is 0.886. The zero-order valence-corrected chi connectivity index (χ0v) is 16.0. The van der Waals surface area contributed by atoms with Gasteiger partial charge in [-0.15, -0.1) is 0 Å². The lowest BCUT2D eigenvalue weighted by Gasteiger charge is -2.22. The largest absolute Gasteiger partial charge is 0.507 e. The number of benzene rings is 2. The first-order valence-electron chi connectivity index (χ1n) is 9.29. The molecule has 0 bridgehead atoms. The van der Waals surface area contributed by atoms with Gasteiger partial charge in [0.2, 0.25) is 5.91 Å². The number of piperidine rings is 1. The lowest BCUT2D eigenvalue weighted by Crippen LogP contribution is -2.43. The number of halogens is 1. The average molecular weight is 397 g/mol. The Balaban J connectivity index is 1.54. The monoisotopic (exact) mass is 396 g/mol. The summed E-state index contributed by atoms with van der Waals surface area (Å²) in [5, 5.41) is 24.0. The molecule has 1 saturated heterocycles. The predicted molar refractivity (Wildman–Crippen MR) is 110 cm³/mol. The third kappa shape index (κ3) is 3.88. The molecule has 1 fully saturated rings. The number of aromatic amines is 1. The minimum Gasteiger partial charge on any atom is -0.507 e. The molecular weight excluding hydrogens is 376 g/mol. The van der Waals surface area contributed by atoms with Crippen LogP contribution in [0, 0.1) is 0 Å². The van der Waals surface area contributed by atoms with E-state index in [9.17, 15) is 9.90 Å². The van der Waals surface area contributed by atoms with Gasteiger partial charge in [0.1, 0.15) is 5.75 Å². The summed E-state index contributed by atoms with van der Waals surface area (Å²) in [6.07, 6.45) is 4.76. The van der Waals surface area contributed by atoms with Crippen LogP contribution in [-0.4, -0.2) is 33.8 Å². The molecule has 6 nitrogen and oxygen atoms in total. The van der Waals surface area contributed by atoms with Crippen molar-refractivity contribution in [2.45, 2.75) is 25.3 Å². The number of carbonyl (C=O) groups excluding carboxylic acids is 1. The molecule has 2 aromatic carbocycles. The third-order valence-corrected chi connectivity index (χ3v) is 5.19. The molecule has 1 amide bonds. The van der Waals surface area contributed by atoms with Gasteiger partial charge in [0, 0.05) is 21.8 Å². The van der Waals surface area contributed by atoms with E-state index in [1.807, 2.05) is 24.3 Å². The fourth-order valence-corrected chi connectivity index (χ4v) is 3.63. The van der Waals surface area contributed by atoms with E-state index in [1.165, 1.54) is 0 Å². The number of hydrogen-bond acceptors (Lipinski definition) is 4. The van der Waals surface area contributed by atoms with Crippen molar-refractivity contribution in [3.8, 4) is 28.1 Å². The summed E-state index contributed by atoms with van der Waals surface area (Å²) in [6, 6.07) is 12.3. The van der Waals surface area contributed by atoms with Crippen LogP contribution < -0.4 is 10.6 Å². The van der Waals surface area contributed by atoms with Gasteiger partial charge in [-0.3, -0.25) is 9.89 Å². The second-order valence-electron chi connectivity index (χ2n) is 6.89. The van der Waals surface area contributed by atoms with Crippen LogP contribution in [0.25, 0.3) is 22.4 Å². The molecule has 0 aliphatic carbocycles. The van der Waals surface area contributed by atoms with Crippen molar-refractivity contribution in [1.29, 1.82) is 0 Å². The van der Waals surface area contributed by atoms with E-state index in [0.717, 1.165) is 42.6 Å². The maximum absolute atomic E-state index is 12.4. The molecule has 0 unspecified atom stereocenters. The molecule has 3 aromatic rings. The summed E-state index contributed by atoms with van der Waals surface area (Å²) >= 11 is 6.07. The van der Waals surface area contributed by atoms with E-state index in [2.05, 4.69) is 20.8 Å². The quantitative estimate of drug-likeness (QED) is 0.532. The molecule has 1 aliphatic rings. The molecule has 0 spiro atoms. The number of aromatic hydroxyl groups is 1. The molecule has 7 heteroatoms. The number of phenolic OH excluding ortho intramolecular Hbond substituents is 1. The van der Waals surface area contributed by atoms with Gasteiger partial charge >= 0.3 is 0 Å². The summed E-state index contributed by atoms with van der Waals surface area (Å²) < 4.78 is 0. The van der Waals surface area contributed by atoms with Gasteiger partial charge in [-0.1, -0.05) is 30.2 Å². The molecule has 28 heavy (non-hydrogen) atoms. The SMILES string of the molecule is O=C(Nc1ccc(-c2cn[nH]c2-c2cc(Cl)ccc2O)cc1)[C@@H]1CCCCN1. The van der Waals surface area contributed by atoms with Gasteiger partial charge in [-0.05, 0) is 55.3 Å². The maximum atomic E-state index is 12.4. The number of nitrogens with one attached hydrogen (secondary N) is 3. The highest BCUT2D eigenvalue weighted by Crippen LogP contribution is 2.36. The number of amides is 1. The number of phenols is 1. The minimum atomic E-state index is -0.125. The first-order chi connectivity index (χ1) is 13.6. The van der Waals surface area contributed by atoms with Crippen molar-refractivity contribution in [2.75, 3.05) is 11.9 Å². The Morgan fingerprint density at radius 2 is 1.96 bits per heavy atom. The molecule has 4 rings (SSSR count). The first-order valence-corrected chi connectivity index (χ1v) is 9.66. The second kappa shape index (κ2) is 8.04. The molecular formula is C21H21ClN4O2. The molecule has 0 saturated carbocycles. The van der Waals surface area contributed by atoms with E-state index in [4.69, 9.17) is 11.6 Å². The van der Waals surface area contributed by atoms with Gasteiger partial charge in [0.15, 0.2) is 0 Å². The highest BCUT2D eigenvalue weighted by atomic mass is 35.5. The van der Waals surface area contributed by atoms with Gasteiger partial charge in [-0.2, -0.15) is 5.10 Å². The highest BCUT2D eigenvalue weighted by Gasteiger charge is 2.20. The lowest BCUT2D eigenvalue weighted by molar-refractivity contribution is -0.118. The standard InChI is InChI=1S/C21H21ClN4O2/c22-14-6-9-19(27)16(11-14)20-17(12-24-26-20)13-4-7-15(8-5-13)25-21(28)18-3-1-2-10-23-18/h4-9,11-12,18,23,27H,1-3,10H2,(H,24,26)(H,25,28)/t18-/m0/s1. The fourth-order valence-electron chi connectivity index (χ4n) is 3.46. The summed E-state index contributed by atoms with van der Waals surface area (Å²) in [7, 11) is 0. The van der Waals surface area contributed by atoms with Crippen LogP contribution >= 0.6 is 11.6 Å². The number of H-pyrrole nitrogens is 1. The average Bonchev–Trinajstić information content (AvgIpc) is 3.20. The third-order valence-electron chi connectivity index (χ3n) is 4.96. The predicted octanol–water partition coefficient (Wildman–Crippen LogP) is 4.18. The van der Waals surface area contributed by atoms with E-state index in [-0.39, 0.29) is 17.7 Å². The Morgan fingerprint density at radius 1 is 1.14 bits per heavy atom. The number of hydrogen-bond donors (Lipinski definition) is 4. The van der Waals surface area contributed by atoms with Crippen molar-refractivity contribution >= 4 is 23.2 Å². The number of rotatable bonds is 4. The molecule has 1 aliphatic heterocycles. The molecule has 1 aromatic heterocycles. The zero-order chi connectivity index (χ0) is 19.5. The van der Waals surface area contributed by atoms with E-state index >= 15 is 0 Å². The normalized spacial score (nSPS) is 16.7. The number of aromatic nitrogens is 2. The minimum absolute atomic E-state index is 0.000278. The van der Waals surface area contributed by atoms with E-state index in [0.29, 0.717) is 16.3 Å². The number of anilines is 1. The van der Waals surface area contributed by atoms with Crippen molar-refractivity contribution in [2.24, 2.45) is 0 Å². The molecule has 0 radical (unpaired) electrons. The van der Waals surface area contributed by atoms with Gasteiger partial charge in [-0.25, -0.2) is 0 Å². The van der Waals surface area contributed by atoms with Gasteiger partial charge in [0.05, 0.1) is 17.9 Å². The fraction of sp³-hybridized carbons (Fsp3) is 0.238. The first kappa shape index (κ1) is 18.5. The molecule has 2 heterocycles. The van der Waals surface area contributed by atoms with Crippen LogP contribution in [0.4, 0.5) is 5.69 Å². The van der Waals surface area contributed by atoms with Crippen LogP contribution in [0.15, 0.2) is 48.7 Å². The van der Waals surface area contributed by atoms with Crippen molar-refractivity contribution < 1.29 is 9.90 Å². The van der Waals surface area contributed by atoms with E-state index in [1.54, 1.807) is 24.4 Å². The smallest absolute Gasteiger partial charge is 0.241 e. The van der Waals surface area contributed by atoms with Crippen molar-refractivity contribution in [3.63, 3.8) is 0 Å². The van der Waals surface area contributed by atoms with Crippen LogP contribution in [0.1, 0.15) is 19.3 Å². The maximum Gasteiger partial charge on any atom is 0.241 e. The molecule has 4 N–H and O–H groups in total. The highest BCUT2D eigenvalue weighted by molar-refractivity contribution is 6.31. The number of nitrogens with zero attached hydrogens (tertiary/aromatic N) is 1. The van der Waals surface area contributed by atoms with E-state index < -0.39 is 0 Å². The lowest BCUT2D eigenvalue weighted by atomic mass is 10.0. The Bertz CT molecular complexity index is 978. The van der Waals surface area contributed by atoms with Crippen LogP contribution in [0.3, 0.4) is 0 Å². The number of carbonyl (C=O) groups is 1.